The molecule has 2 heterocycles. The van der Waals surface area contributed by atoms with Gasteiger partial charge >= 0.3 is 0 Å². The van der Waals surface area contributed by atoms with E-state index in [4.69, 9.17) is 9.47 Å². The zero-order valence-corrected chi connectivity index (χ0v) is 16.1. The summed E-state index contributed by atoms with van der Waals surface area (Å²) < 4.78 is 11.6. The van der Waals surface area contributed by atoms with Gasteiger partial charge in [-0.15, -0.1) is 0 Å². The number of likely N-dealkylation sites (N-methyl/N-ethyl adjacent to an activating group) is 1. The maximum absolute atomic E-state index is 12.8. The van der Waals surface area contributed by atoms with Crippen molar-refractivity contribution in [3.63, 3.8) is 0 Å². The lowest BCUT2D eigenvalue weighted by Crippen LogP contribution is -2.48. The molecule has 1 aliphatic heterocycles. The summed E-state index contributed by atoms with van der Waals surface area (Å²) in [6.07, 6.45) is 3.50. The number of pyridine rings is 1. The van der Waals surface area contributed by atoms with Crippen LogP contribution >= 0.6 is 0 Å². The summed E-state index contributed by atoms with van der Waals surface area (Å²) in [5.74, 6) is 1.28. The van der Waals surface area contributed by atoms with Gasteiger partial charge in [-0.1, -0.05) is 13.0 Å². The van der Waals surface area contributed by atoms with Gasteiger partial charge in [0.1, 0.15) is 6.61 Å². The summed E-state index contributed by atoms with van der Waals surface area (Å²) in [7, 11) is 0. The van der Waals surface area contributed by atoms with E-state index in [1.165, 1.54) is 0 Å². The third-order valence-corrected chi connectivity index (χ3v) is 4.71. The maximum atomic E-state index is 12.8. The molecular weight excluding hydrogens is 342 g/mol. The molecule has 1 aromatic heterocycles. The Hall–Kier alpha value is -2.60. The highest BCUT2D eigenvalue weighted by Gasteiger charge is 2.22. The first kappa shape index (κ1) is 19.2. The average molecular weight is 369 g/mol. The fourth-order valence-electron chi connectivity index (χ4n) is 3.12. The van der Waals surface area contributed by atoms with E-state index in [-0.39, 0.29) is 5.91 Å². The second kappa shape index (κ2) is 9.37. The van der Waals surface area contributed by atoms with Crippen molar-refractivity contribution in [2.24, 2.45) is 0 Å². The Labute approximate surface area is 160 Å². The van der Waals surface area contributed by atoms with Crippen LogP contribution in [0.2, 0.25) is 0 Å². The molecule has 1 aromatic carbocycles. The van der Waals surface area contributed by atoms with Gasteiger partial charge in [0.2, 0.25) is 0 Å². The summed E-state index contributed by atoms with van der Waals surface area (Å²) in [5.41, 5.74) is 1.62. The van der Waals surface area contributed by atoms with Gasteiger partial charge in [0.25, 0.3) is 5.91 Å². The molecule has 0 N–H and O–H groups in total. The number of carbonyl (C=O) groups excluding carboxylic acids is 1. The Balaban J connectivity index is 1.70. The van der Waals surface area contributed by atoms with Crippen molar-refractivity contribution in [3.8, 4) is 11.5 Å². The van der Waals surface area contributed by atoms with Gasteiger partial charge < -0.3 is 19.3 Å². The smallest absolute Gasteiger partial charge is 0.254 e. The molecule has 0 spiro atoms. The van der Waals surface area contributed by atoms with Gasteiger partial charge in [0, 0.05) is 49.7 Å². The Bertz CT molecular complexity index is 744. The predicted octanol–water partition coefficient (Wildman–Crippen LogP) is 2.84. The first-order chi connectivity index (χ1) is 13.2. The van der Waals surface area contributed by atoms with Crippen molar-refractivity contribution in [1.82, 2.24) is 14.8 Å². The van der Waals surface area contributed by atoms with Gasteiger partial charge in [-0.25, -0.2) is 0 Å². The molecule has 1 fully saturated rings. The van der Waals surface area contributed by atoms with Crippen LogP contribution < -0.4 is 9.47 Å². The molecule has 2 aromatic rings. The van der Waals surface area contributed by atoms with Crippen LogP contribution in [-0.4, -0.2) is 60.0 Å². The second-order valence-corrected chi connectivity index (χ2v) is 6.47. The van der Waals surface area contributed by atoms with Gasteiger partial charge in [-0.3, -0.25) is 9.78 Å². The molecule has 144 valence electrons. The normalized spacial score (nSPS) is 14.8. The SMILES string of the molecule is CCOc1cc(C(=O)N2CCN(CC)CC2)ccc1OCc1cccnc1. The van der Waals surface area contributed by atoms with Crippen LogP contribution in [0.3, 0.4) is 0 Å². The largest absolute Gasteiger partial charge is 0.490 e. The quantitative estimate of drug-likeness (QED) is 0.751. The third-order valence-electron chi connectivity index (χ3n) is 4.71. The number of aromatic nitrogens is 1. The standard InChI is InChI=1S/C21H27N3O3/c1-3-23-10-12-24(13-11-23)21(25)18-7-8-19(20(14-18)26-4-2)27-16-17-6-5-9-22-15-17/h5-9,14-15H,3-4,10-13,16H2,1-2H3. The lowest BCUT2D eigenvalue weighted by atomic mass is 10.1. The first-order valence-electron chi connectivity index (χ1n) is 9.51. The van der Waals surface area contributed by atoms with Crippen molar-refractivity contribution in [3.05, 3.63) is 53.9 Å². The van der Waals surface area contributed by atoms with Crippen molar-refractivity contribution < 1.29 is 14.3 Å². The monoisotopic (exact) mass is 369 g/mol. The van der Waals surface area contributed by atoms with Crippen molar-refractivity contribution in [1.29, 1.82) is 0 Å². The van der Waals surface area contributed by atoms with E-state index in [2.05, 4.69) is 16.8 Å². The fourth-order valence-corrected chi connectivity index (χ4v) is 3.12. The number of hydrogen-bond donors (Lipinski definition) is 0. The minimum absolute atomic E-state index is 0.0468. The molecule has 6 heteroatoms. The molecule has 6 nitrogen and oxygen atoms in total. The van der Waals surface area contributed by atoms with Crippen LogP contribution in [0.15, 0.2) is 42.7 Å². The van der Waals surface area contributed by atoms with Gasteiger partial charge in [-0.05, 0) is 37.7 Å². The van der Waals surface area contributed by atoms with Crippen LogP contribution in [0.4, 0.5) is 0 Å². The lowest BCUT2D eigenvalue weighted by Gasteiger charge is -2.34. The van der Waals surface area contributed by atoms with Crippen LogP contribution in [0.1, 0.15) is 29.8 Å². The number of benzene rings is 1. The van der Waals surface area contributed by atoms with Crippen LogP contribution in [-0.2, 0) is 6.61 Å². The van der Waals surface area contributed by atoms with Crippen LogP contribution in [0, 0.1) is 0 Å². The minimum atomic E-state index is 0.0468. The van der Waals surface area contributed by atoms with E-state index < -0.39 is 0 Å². The molecule has 1 aliphatic rings. The van der Waals surface area contributed by atoms with Crippen LogP contribution in [0.25, 0.3) is 0 Å². The highest BCUT2D eigenvalue weighted by molar-refractivity contribution is 5.95. The van der Waals surface area contributed by atoms with E-state index in [9.17, 15) is 4.79 Å². The first-order valence-corrected chi connectivity index (χ1v) is 9.51. The zero-order chi connectivity index (χ0) is 19.1. The Morgan fingerprint density at radius 1 is 1.07 bits per heavy atom. The molecule has 3 rings (SSSR count). The summed E-state index contributed by atoms with van der Waals surface area (Å²) >= 11 is 0. The number of carbonyl (C=O) groups is 1. The number of amides is 1. The molecule has 1 saturated heterocycles. The average Bonchev–Trinajstić information content (AvgIpc) is 2.73. The van der Waals surface area contributed by atoms with Gasteiger partial charge in [0.05, 0.1) is 6.61 Å². The zero-order valence-electron chi connectivity index (χ0n) is 16.1. The molecule has 0 aliphatic carbocycles. The second-order valence-electron chi connectivity index (χ2n) is 6.47. The summed E-state index contributed by atoms with van der Waals surface area (Å²) in [4.78, 5) is 21.2. The van der Waals surface area contributed by atoms with Crippen LogP contribution in [0.5, 0.6) is 11.5 Å². The van der Waals surface area contributed by atoms with Gasteiger partial charge in [0.15, 0.2) is 11.5 Å². The predicted molar refractivity (Wildman–Crippen MR) is 104 cm³/mol. The molecule has 0 radical (unpaired) electrons. The minimum Gasteiger partial charge on any atom is -0.490 e. The molecule has 0 saturated carbocycles. The number of nitrogens with zero attached hydrogens (tertiary/aromatic N) is 3. The molecule has 1 amide bonds. The Kier molecular flexibility index (Phi) is 6.65. The van der Waals surface area contributed by atoms with E-state index in [1.54, 1.807) is 18.5 Å². The Morgan fingerprint density at radius 3 is 2.56 bits per heavy atom. The molecule has 27 heavy (non-hydrogen) atoms. The lowest BCUT2D eigenvalue weighted by molar-refractivity contribution is 0.0643. The summed E-state index contributed by atoms with van der Waals surface area (Å²) in [6.45, 7) is 9.38. The number of ether oxygens (including phenoxy) is 2. The molecule has 0 atom stereocenters. The third kappa shape index (κ3) is 4.98. The Morgan fingerprint density at radius 2 is 1.89 bits per heavy atom. The maximum Gasteiger partial charge on any atom is 0.254 e. The van der Waals surface area contributed by atoms with Crippen molar-refractivity contribution in [2.45, 2.75) is 20.5 Å². The number of rotatable bonds is 7. The molecular formula is C21H27N3O3. The molecule has 0 unspecified atom stereocenters. The van der Waals surface area contributed by atoms with E-state index >= 15 is 0 Å². The number of piperazine rings is 1. The summed E-state index contributed by atoms with van der Waals surface area (Å²) in [6, 6.07) is 9.26. The van der Waals surface area contributed by atoms with Crippen molar-refractivity contribution in [2.75, 3.05) is 39.3 Å². The summed E-state index contributed by atoms with van der Waals surface area (Å²) in [5, 5.41) is 0. The highest BCUT2D eigenvalue weighted by Crippen LogP contribution is 2.30. The fraction of sp³-hybridized carbons (Fsp3) is 0.429. The van der Waals surface area contributed by atoms with Crippen molar-refractivity contribution >= 4 is 5.91 Å². The topological polar surface area (TPSA) is 54.9 Å². The van der Waals surface area contributed by atoms with Gasteiger partial charge in [-0.2, -0.15) is 0 Å². The number of hydrogen-bond acceptors (Lipinski definition) is 5. The van der Waals surface area contributed by atoms with E-state index in [1.807, 2.05) is 36.1 Å². The highest BCUT2D eigenvalue weighted by atomic mass is 16.5. The van der Waals surface area contributed by atoms with E-state index in [0.29, 0.717) is 30.3 Å². The van der Waals surface area contributed by atoms with E-state index in [0.717, 1.165) is 38.3 Å². The molecule has 0 bridgehead atoms.